The van der Waals surface area contributed by atoms with E-state index in [0.29, 0.717) is 22.8 Å². The van der Waals surface area contributed by atoms with Crippen LogP contribution in [0.4, 0.5) is 5.69 Å². The maximum Gasteiger partial charge on any atom is 0.277 e. The van der Waals surface area contributed by atoms with Gasteiger partial charge in [0.25, 0.3) is 5.91 Å². The lowest BCUT2D eigenvalue weighted by atomic mass is 9.99. The fourth-order valence-corrected chi connectivity index (χ4v) is 3.88. The number of aromatic nitrogens is 1. The summed E-state index contributed by atoms with van der Waals surface area (Å²) in [6.07, 6.45) is 2.52. The van der Waals surface area contributed by atoms with Crippen LogP contribution in [0.1, 0.15) is 35.8 Å². The van der Waals surface area contributed by atoms with Crippen molar-refractivity contribution in [2.45, 2.75) is 26.3 Å². The van der Waals surface area contributed by atoms with Crippen LogP contribution in [0.3, 0.4) is 0 Å². The highest BCUT2D eigenvalue weighted by Crippen LogP contribution is 2.33. The number of carbonyl (C=O) groups is 1. The molecule has 7 nitrogen and oxygen atoms in total. The molecule has 2 heterocycles. The summed E-state index contributed by atoms with van der Waals surface area (Å²) in [5.41, 5.74) is 2.81. The number of methoxy groups -OCH3 is 2. The Kier molecular flexibility index (Phi) is 6.75. The first-order valence-electron chi connectivity index (χ1n) is 10.9. The lowest BCUT2D eigenvalue weighted by molar-refractivity contribution is 0.101. The average molecular weight is 436 g/mol. The molecule has 1 aliphatic heterocycles. The van der Waals surface area contributed by atoms with Gasteiger partial charge in [-0.25, -0.2) is 0 Å². The van der Waals surface area contributed by atoms with Gasteiger partial charge in [0.1, 0.15) is 11.5 Å². The molecule has 3 aromatic rings. The Morgan fingerprint density at radius 1 is 1.09 bits per heavy atom. The predicted octanol–water partition coefficient (Wildman–Crippen LogP) is 4.84. The number of benzene rings is 2. The molecule has 32 heavy (non-hydrogen) atoms. The Balaban J connectivity index is 1.40. The Morgan fingerprint density at radius 2 is 1.84 bits per heavy atom. The summed E-state index contributed by atoms with van der Waals surface area (Å²) in [5, 5.41) is 6.81. The maximum absolute atomic E-state index is 12.7. The number of ether oxygens (including phenoxy) is 2. The Labute approximate surface area is 188 Å². The second-order valence-corrected chi connectivity index (χ2v) is 8.25. The van der Waals surface area contributed by atoms with Crippen molar-refractivity contribution >= 4 is 11.6 Å². The van der Waals surface area contributed by atoms with Crippen molar-refractivity contribution in [2.75, 3.05) is 32.6 Å². The van der Waals surface area contributed by atoms with E-state index in [4.69, 9.17) is 14.0 Å². The lowest BCUT2D eigenvalue weighted by Gasteiger charge is -2.30. The van der Waals surface area contributed by atoms with Gasteiger partial charge in [-0.05, 0) is 67.7 Å². The number of rotatable bonds is 7. The molecule has 168 valence electrons. The second kappa shape index (κ2) is 9.87. The predicted molar refractivity (Wildman–Crippen MR) is 123 cm³/mol. The monoisotopic (exact) mass is 435 g/mol. The second-order valence-electron chi connectivity index (χ2n) is 8.25. The molecule has 2 aromatic carbocycles. The average Bonchev–Trinajstić information content (AvgIpc) is 3.32. The van der Waals surface area contributed by atoms with E-state index in [1.807, 2.05) is 12.1 Å². The topological polar surface area (TPSA) is 76.8 Å². The van der Waals surface area contributed by atoms with Crippen LogP contribution in [-0.4, -0.2) is 43.3 Å². The zero-order chi connectivity index (χ0) is 22.5. The number of carbonyl (C=O) groups excluding carboxylic acids is 1. The molecule has 1 N–H and O–H groups in total. The summed E-state index contributed by atoms with van der Waals surface area (Å²) in [6, 6.07) is 14.9. The zero-order valence-electron chi connectivity index (χ0n) is 18.8. The van der Waals surface area contributed by atoms with E-state index in [2.05, 4.69) is 34.4 Å². The first-order chi connectivity index (χ1) is 15.6. The van der Waals surface area contributed by atoms with Crippen molar-refractivity contribution in [3.63, 3.8) is 0 Å². The minimum Gasteiger partial charge on any atom is -0.497 e. The molecule has 0 radical (unpaired) electrons. The summed E-state index contributed by atoms with van der Waals surface area (Å²) in [5.74, 6) is 2.18. The fraction of sp³-hybridized carbons (Fsp3) is 0.360. The molecule has 0 atom stereocenters. The Morgan fingerprint density at radius 3 is 2.53 bits per heavy atom. The van der Waals surface area contributed by atoms with E-state index in [-0.39, 0.29) is 11.6 Å². The number of hydrogen-bond acceptors (Lipinski definition) is 6. The summed E-state index contributed by atoms with van der Waals surface area (Å²) in [4.78, 5) is 15.2. The van der Waals surface area contributed by atoms with E-state index >= 15 is 0 Å². The summed E-state index contributed by atoms with van der Waals surface area (Å²) in [7, 11) is 3.16. The van der Waals surface area contributed by atoms with E-state index in [1.54, 1.807) is 38.5 Å². The van der Waals surface area contributed by atoms with Crippen molar-refractivity contribution in [1.29, 1.82) is 0 Å². The van der Waals surface area contributed by atoms with Gasteiger partial charge in [-0.2, -0.15) is 0 Å². The van der Waals surface area contributed by atoms with Gasteiger partial charge in [-0.3, -0.25) is 9.69 Å². The summed E-state index contributed by atoms with van der Waals surface area (Å²) in [6.45, 7) is 5.55. The number of likely N-dealkylation sites (tertiary alicyclic amines) is 1. The number of nitrogens with zero attached hydrogens (tertiary/aromatic N) is 2. The van der Waals surface area contributed by atoms with Crippen LogP contribution in [0.5, 0.6) is 11.5 Å². The molecule has 0 spiro atoms. The van der Waals surface area contributed by atoms with Crippen molar-refractivity contribution in [3.8, 4) is 22.8 Å². The molecule has 0 bridgehead atoms. The molecule has 4 rings (SSSR count). The van der Waals surface area contributed by atoms with Crippen LogP contribution in [0, 0.1) is 5.92 Å². The van der Waals surface area contributed by atoms with Gasteiger partial charge in [-0.15, -0.1) is 0 Å². The minimum absolute atomic E-state index is 0.191. The van der Waals surface area contributed by atoms with Crippen LogP contribution < -0.4 is 14.8 Å². The highest BCUT2D eigenvalue weighted by molar-refractivity contribution is 6.03. The normalized spacial score (nSPS) is 14.8. The van der Waals surface area contributed by atoms with Crippen LogP contribution in [-0.2, 0) is 6.54 Å². The van der Waals surface area contributed by atoms with Gasteiger partial charge in [0.15, 0.2) is 11.5 Å². The van der Waals surface area contributed by atoms with Crippen molar-refractivity contribution in [1.82, 2.24) is 10.1 Å². The SMILES string of the molecule is COc1ccc(OC)c(-c2cc(C(=O)Nc3ccc(CN4CCC(C)CC4)cc3)no2)c1. The van der Waals surface area contributed by atoms with Crippen LogP contribution >= 0.6 is 0 Å². The number of anilines is 1. The van der Waals surface area contributed by atoms with Gasteiger partial charge in [-0.1, -0.05) is 24.2 Å². The molecule has 1 amide bonds. The van der Waals surface area contributed by atoms with Gasteiger partial charge in [0, 0.05) is 18.3 Å². The number of piperidine rings is 1. The molecule has 1 aliphatic rings. The summed E-state index contributed by atoms with van der Waals surface area (Å²) >= 11 is 0. The standard InChI is InChI=1S/C25H29N3O4/c1-17-10-12-28(13-11-17)16-18-4-6-19(7-5-18)26-25(29)22-15-24(32-27-22)21-14-20(30-2)8-9-23(21)31-3/h4-9,14-15,17H,10-13,16H2,1-3H3,(H,26,29). The number of amides is 1. The fourth-order valence-electron chi connectivity index (χ4n) is 3.88. The van der Waals surface area contributed by atoms with Crippen molar-refractivity contribution in [3.05, 3.63) is 59.8 Å². The molecule has 1 fully saturated rings. The van der Waals surface area contributed by atoms with Crippen LogP contribution in [0.2, 0.25) is 0 Å². The first kappa shape index (κ1) is 21.9. The highest BCUT2D eigenvalue weighted by Gasteiger charge is 2.18. The van der Waals surface area contributed by atoms with Gasteiger partial charge in [0.05, 0.1) is 19.8 Å². The van der Waals surface area contributed by atoms with Gasteiger partial charge in [0.2, 0.25) is 0 Å². The third-order valence-electron chi connectivity index (χ3n) is 5.91. The van der Waals surface area contributed by atoms with Gasteiger partial charge < -0.3 is 19.3 Å². The van der Waals surface area contributed by atoms with Crippen LogP contribution in [0.15, 0.2) is 53.1 Å². The molecular formula is C25H29N3O4. The van der Waals surface area contributed by atoms with Crippen molar-refractivity contribution in [2.24, 2.45) is 5.92 Å². The molecule has 7 heteroatoms. The minimum atomic E-state index is -0.334. The highest BCUT2D eigenvalue weighted by atomic mass is 16.5. The van der Waals surface area contributed by atoms with Crippen molar-refractivity contribution < 1.29 is 18.8 Å². The molecule has 0 aliphatic carbocycles. The summed E-state index contributed by atoms with van der Waals surface area (Å²) < 4.78 is 16.1. The zero-order valence-corrected chi connectivity index (χ0v) is 18.8. The number of nitrogens with one attached hydrogen (secondary N) is 1. The molecule has 1 saturated heterocycles. The third-order valence-corrected chi connectivity index (χ3v) is 5.91. The van der Waals surface area contributed by atoms with E-state index in [1.165, 1.54) is 18.4 Å². The Bertz CT molecular complexity index is 1050. The number of hydrogen-bond donors (Lipinski definition) is 1. The molecular weight excluding hydrogens is 406 g/mol. The first-order valence-corrected chi connectivity index (χ1v) is 10.9. The molecule has 0 saturated carbocycles. The lowest BCUT2D eigenvalue weighted by Crippen LogP contribution is -2.32. The smallest absolute Gasteiger partial charge is 0.277 e. The van der Waals surface area contributed by atoms with Gasteiger partial charge >= 0.3 is 0 Å². The Hall–Kier alpha value is -3.32. The quantitative estimate of drug-likeness (QED) is 0.572. The van der Waals surface area contributed by atoms with E-state index in [9.17, 15) is 4.79 Å². The largest absolute Gasteiger partial charge is 0.497 e. The maximum atomic E-state index is 12.7. The van der Waals surface area contributed by atoms with E-state index < -0.39 is 0 Å². The van der Waals surface area contributed by atoms with E-state index in [0.717, 1.165) is 31.2 Å². The molecule has 0 unspecified atom stereocenters. The van der Waals surface area contributed by atoms with Crippen LogP contribution in [0.25, 0.3) is 11.3 Å². The third kappa shape index (κ3) is 5.11. The molecule has 1 aromatic heterocycles.